The van der Waals surface area contributed by atoms with Gasteiger partial charge < -0.3 is 15.2 Å². The summed E-state index contributed by atoms with van der Waals surface area (Å²) in [5, 5.41) is 13.2. The summed E-state index contributed by atoms with van der Waals surface area (Å²) >= 11 is 3.50. The van der Waals surface area contributed by atoms with Crippen LogP contribution < -0.4 is 10.1 Å². The second-order valence-corrected chi connectivity index (χ2v) is 5.93. The molecule has 0 saturated heterocycles. The van der Waals surface area contributed by atoms with Gasteiger partial charge in [-0.1, -0.05) is 40.2 Å². The van der Waals surface area contributed by atoms with Crippen molar-refractivity contribution in [3.05, 3.63) is 58.1 Å². The van der Waals surface area contributed by atoms with E-state index in [0.29, 0.717) is 6.54 Å². The number of aryl methyl sites for hydroxylation is 2. The summed E-state index contributed by atoms with van der Waals surface area (Å²) in [4.78, 5) is 0. The van der Waals surface area contributed by atoms with Crippen LogP contribution >= 0.6 is 15.9 Å². The summed E-state index contributed by atoms with van der Waals surface area (Å²) in [6, 6.07) is 13.8. The third-order valence-electron chi connectivity index (χ3n) is 3.24. The number of hydrogen-bond donors (Lipinski definition) is 2. The number of benzene rings is 2. The van der Waals surface area contributed by atoms with E-state index in [9.17, 15) is 5.11 Å². The summed E-state index contributed by atoms with van der Waals surface area (Å²) in [6.07, 6.45) is -0.565. The topological polar surface area (TPSA) is 41.5 Å². The molecule has 0 saturated carbocycles. The second kappa shape index (κ2) is 7.48. The Morgan fingerprint density at radius 3 is 2.62 bits per heavy atom. The first-order valence-electron chi connectivity index (χ1n) is 6.93. The summed E-state index contributed by atoms with van der Waals surface area (Å²) < 4.78 is 6.68. The average molecular weight is 350 g/mol. The van der Waals surface area contributed by atoms with Gasteiger partial charge in [-0.05, 0) is 43.2 Å². The van der Waals surface area contributed by atoms with Gasteiger partial charge in [0, 0.05) is 16.7 Å². The van der Waals surface area contributed by atoms with Crippen LogP contribution in [0.1, 0.15) is 11.1 Å². The molecule has 0 aromatic heterocycles. The van der Waals surface area contributed by atoms with Crippen LogP contribution in [0.4, 0.5) is 5.69 Å². The van der Waals surface area contributed by atoms with Gasteiger partial charge in [-0.15, -0.1) is 0 Å². The lowest BCUT2D eigenvalue weighted by molar-refractivity contribution is 0.117. The molecule has 0 heterocycles. The van der Waals surface area contributed by atoms with Crippen LogP contribution in [-0.4, -0.2) is 24.4 Å². The number of para-hydroxylation sites is 1. The summed E-state index contributed by atoms with van der Waals surface area (Å²) in [7, 11) is 0. The molecule has 0 aliphatic heterocycles. The number of ether oxygens (including phenoxy) is 1. The Balaban J connectivity index is 1.81. The molecule has 0 aliphatic carbocycles. The summed E-state index contributed by atoms with van der Waals surface area (Å²) in [6.45, 7) is 4.74. The number of aliphatic hydroxyl groups excluding tert-OH is 1. The number of rotatable bonds is 6. The van der Waals surface area contributed by atoms with Crippen molar-refractivity contribution >= 4 is 21.6 Å². The summed E-state index contributed by atoms with van der Waals surface area (Å²) in [5.41, 5.74) is 3.23. The minimum atomic E-state index is -0.565. The average Bonchev–Trinajstić information content (AvgIpc) is 2.47. The molecule has 0 fully saturated rings. The number of anilines is 1. The highest BCUT2D eigenvalue weighted by molar-refractivity contribution is 9.10. The first kappa shape index (κ1) is 15.9. The highest BCUT2D eigenvalue weighted by atomic mass is 79.9. The molecule has 2 rings (SSSR count). The molecule has 0 bridgehead atoms. The molecule has 2 aromatic rings. The van der Waals surface area contributed by atoms with Gasteiger partial charge in [0.1, 0.15) is 18.5 Å². The third-order valence-corrected chi connectivity index (χ3v) is 4.09. The first-order chi connectivity index (χ1) is 10.1. The van der Waals surface area contributed by atoms with Crippen molar-refractivity contribution in [3.8, 4) is 5.75 Å². The molecule has 112 valence electrons. The van der Waals surface area contributed by atoms with Crippen molar-refractivity contribution in [2.45, 2.75) is 20.0 Å². The lowest BCUT2D eigenvalue weighted by Crippen LogP contribution is -2.26. The van der Waals surface area contributed by atoms with Crippen molar-refractivity contribution in [1.29, 1.82) is 0 Å². The fourth-order valence-electron chi connectivity index (χ4n) is 1.90. The van der Waals surface area contributed by atoms with E-state index in [-0.39, 0.29) is 6.61 Å². The van der Waals surface area contributed by atoms with Gasteiger partial charge in [0.05, 0.1) is 0 Å². The number of nitrogens with one attached hydrogen (secondary N) is 1. The molecule has 0 amide bonds. The zero-order chi connectivity index (χ0) is 15.2. The minimum absolute atomic E-state index is 0.269. The van der Waals surface area contributed by atoms with Crippen LogP contribution in [0, 0.1) is 13.8 Å². The Hall–Kier alpha value is -1.52. The Labute approximate surface area is 134 Å². The SMILES string of the molecule is Cc1ccc(NCC(O)COc2ccccc2C)cc1Br. The van der Waals surface area contributed by atoms with Gasteiger partial charge in [0.15, 0.2) is 0 Å². The van der Waals surface area contributed by atoms with Crippen molar-refractivity contribution in [1.82, 2.24) is 0 Å². The molecule has 4 heteroatoms. The van der Waals surface area contributed by atoms with Crippen molar-refractivity contribution in [2.24, 2.45) is 0 Å². The van der Waals surface area contributed by atoms with E-state index < -0.39 is 6.10 Å². The Morgan fingerprint density at radius 2 is 1.90 bits per heavy atom. The van der Waals surface area contributed by atoms with Gasteiger partial charge in [-0.25, -0.2) is 0 Å². The zero-order valence-electron chi connectivity index (χ0n) is 12.3. The van der Waals surface area contributed by atoms with Crippen LogP contribution in [0.5, 0.6) is 5.75 Å². The monoisotopic (exact) mass is 349 g/mol. The van der Waals surface area contributed by atoms with E-state index in [4.69, 9.17) is 4.74 Å². The number of halogens is 1. The lowest BCUT2D eigenvalue weighted by atomic mass is 10.2. The Morgan fingerprint density at radius 1 is 1.14 bits per heavy atom. The predicted molar refractivity (Wildman–Crippen MR) is 90.0 cm³/mol. The highest BCUT2D eigenvalue weighted by Gasteiger charge is 2.07. The lowest BCUT2D eigenvalue weighted by Gasteiger charge is -2.15. The zero-order valence-corrected chi connectivity index (χ0v) is 13.9. The van der Waals surface area contributed by atoms with E-state index >= 15 is 0 Å². The molecule has 0 radical (unpaired) electrons. The van der Waals surface area contributed by atoms with E-state index in [1.165, 1.54) is 5.56 Å². The molecule has 0 spiro atoms. The molecule has 1 unspecified atom stereocenters. The quantitative estimate of drug-likeness (QED) is 0.830. The van der Waals surface area contributed by atoms with Crippen molar-refractivity contribution < 1.29 is 9.84 Å². The fraction of sp³-hybridized carbons (Fsp3) is 0.294. The Bertz CT molecular complexity index is 601. The van der Waals surface area contributed by atoms with Crippen molar-refractivity contribution in [3.63, 3.8) is 0 Å². The van der Waals surface area contributed by atoms with Crippen LogP contribution in [0.25, 0.3) is 0 Å². The normalized spacial score (nSPS) is 12.0. The largest absolute Gasteiger partial charge is 0.491 e. The molecular weight excluding hydrogens is 330 g/mol. The molecule has 1 atom stereocenters. The van der Waals surface area contributed by atoms with Crippen LogP contribution in [0.2, 0.25) is 0 Å². The molecule has 2 aromatic carbocycles. The molecule has 21 heavy (non-hydrogen) atoms. The van der Waals surface area contributed by atoms with E-state index in [1.54, 1.807) is 0 Å². The van der Waals surface area contributed by atoms with Gasteiger partial charge in [-0.2, -0.15) is 0 Å². The predicted octanol–water partition coefficient (Wildman–Crippen LogP) is 3.92. The molecule has 3 nitrogen and oxygen atoms in total. The van der Waals surface area contributed by atoms with Gasteiger partial charge in [-0.3, -0.25) is 0 Å². The smallest absolute Gasteiger partial charge is 0.122 e. The molecule has 2 N–H and O–H groups in total. The highest BCUT2D eigenvalue weighted by Crippen LogP contribution is 2.20. The number of hydrogen-bond acceptors (Lipinski definition) is 3. The van der Waals surface area contributed by atoms with E-state index in [2.05, 4.69) is 21.2 Å². The standard InChI is InChI=1S/C17H20BrNO2/c1-12-7-8-14(9-16(12)18)19-10-15(20)11-21-17-6-4-3-5-13(17)2/h3-9,15,19-20H,10-11H2,1-2H3. The maximum Gasteiger partial charge on any atom is 0.122 e. The van der Waals surface area contributed by atoms with E-state index in [1.807, 2.05) is 56.3 Å². The van der Waals surface area contributed by atoms with E-state index in [0.717, 1.165) is 21.5 Å². The van der Waals surface area contributed by atoms with Crippen LogP contribution in [0.15, 0.2) is 46.9 Å². The third kappa shape index (κ3) is 4.76. The van der Waals surface area contributed by atoms with Gasteiger partial charge in [0.25, 0.3) is 0 Å². The Kier molecular flexibility index (Phi) is 5.65. The fourth-order valence-corrected chi connectivity index (χ4v) is 2.28. The van der Waals surface area contributed by atoms with Crippen LogP contribution in [-0.2, 0) is 0 Å². The maximum atomic E-state index is 9.99. The van der Waals surface area contributed by atoms with Crippen LogP contribution in [0.3, 0.4) is 0 Å². The summed E-state index contributed by atoms with van der Waals surface area (Å²) in [5.74, 6) is 0.814. The van der Waals surface area contributed by atoms with Crippen molar-refractivity contribution in [2.75, 3.05) is 18.5 Å². The molecule has 0 aliphatic rings. The number of aliphatic hydroxyl groups is 1. The van der Waals surface area contributed by atoms with Gasteiger partial charge >= 0.3 is 0 Å². The molecular formula is C17H20BrNO2. The first-order valence-corrected chi connectivity index (χ1v) is 7.72. The minimum Gasteiger partial charge on any atom is -0.491 e. The maximum absolute atomic E-state index is 9.99. The van der Waals surface area contributed by atoms with Gasteiger partial charge in [0.2, 0.25) is 0 Å². The second-order valence-electron chi connectivity index (χ2n) is 5.08.